The maximum Gasteiger partial charge on any atom is 0.335 e. The van der Waals surface area contributed by atoms with E-state index < -0.39 is 5.97 Å². The van der Waals surface area contributed by atoms with E-state index in [0.717, 1.165) is 47.4 Å². The SMILES string of the molecule is Cc1oncc1-c1cc(NSc2cc(C(=O)O)ccc2C2CC2)c(OC2CCC2)cc1Cl. The van der Waals surface area contributed by atoms with Crippen molar-refractivity contribution in [2.24, 2.45) is 0 Å². The molecule has 0 spiro atoms. The van der Waals surface area contributed by atoms with Crippen LogP contribution in [0.25, 0.3) is 11.1 Å². The molecule has 0 saturated heterocycles. The number of aromatic nitrogens is 1. The van der Waals surface area contributed by atoms with Crippen molar-refractivity contribution in [3.05, 3.63) is 58.4 Å². The molecule has 2 aromatic carbocycles. The van der Waals surface area contributed by atoms with E-state index in [1.165, 1.54) is 23.9 Å². The predicted octanol–water partition coefficient (Wildman–Crippen LogP) is 6.93. The number of nitrogens with one attached hydrogen (secondary N) is 1. The first-order chi connectivity index (χ1) is 15.5. The van der Waals surface area contributed by atoms with Crippen LogP contribution in [0.1, 0.15) is 59.7 Å². The van der Waals surface area contributed by atoms with E-state index in [4.69, 9.17) is 20.9 Å². The molecule has 2 saturated carbocycles. The summed E-state index contributed by atoms with van der Waals surface area (Å²) in [4.78, 5) is 12.4. The minimum Gasteiger partial charge on any atom is -0.488 e. The Kier molecular flexibility index (Phi) is 5.78. The molecule has 1 heterocycles. The van der Waals surface area contributed by atoms with Crippen molar-refractivity contribution in [3.8, 4) is 16.9 Å². The molecule has 166 valence electrons. The smallest absolute Gasteiger partial charge is 0.335 e. The van der Waals surface area contributed by atoms with Gasteiger partial charge in [-0.2, -0.15) is 0 Å². The Morgan fingerprint density at radius 1 is 1.22 bits per heavy atom. The number of aromatic carboxylic acids is 1. The first kappa shape index (κ1) is 21.2. The largest absolute Gasteiger partial charge is 0.488 e. The Bertz CT molecular complexity index is 1170. The fourth-order valence-corrected chi connectivity index (χ4v) is 4.93. The van der Waals surface area contributed by atoms with Crippen molar-refractivity contribution in [1.29, 1.82) is 0 Å². The van der Waals surface area contributed by atoms with Crippen LogP contribution in [0.3, 0.4) is 0 Å². The Labute approximate surface area is 195 Å². The fraction of sp³-hybridized carbons (Fsp3) is 0.333. The zero-order valence-electron chi connectivity index (χ0n) is 17.6. The van der Waals surface area contributed by atoms with Gasteiger partial charge in [0.05, 0.1) is 28.6 Å². The standard InChI is InChI=1S/C24H23ClN2O4S/c1-13-19(12-26-31-13)18-10-21(22(11-20(18)25)30-16-3-2-4-16)27-32-23-9-15(24(28)29)7-8-17(23)14-5-6-14/h7-12,14,16,27H,2-6H2,1H3,(H,28,29). The third-order valence-electron chi connectivity index (χ3n) is 6.00. The average molecular weight is 471 g/mol. The number of nitrogens with zero attached hydrogens (tertiary/aromatic N) is 1. The average Bonchev–Trinajstić information content (AvgIpc) is 3.50. The molecule has 8 heteroatoms. The van der Waals surface area contributed by atoms with Crippen LogP contribution in [0, 0.1) is 6.92 Å². The number of carboxylic acids is 1. The van der Waals surface area contributed by atoms with Gasteiger partial charge in [0.1, 0.15) is 11.5 Å². The van der Waals surface area contributed by atoms with E-state index in [9.17, 15) is 9.90 Å². The monoisotopic (exact) mass is 470 g/mol. The highest BCUT2D eigenvalue weighted by Crippen LogP contribution is 2.46. The summed E-state index contributed by atoms with van der Waals surface area (Å²) < 4.78 is 14.9. The third-order valence-corrected chi connectivity index (χ3v) is 7.21. The second-order valence-electron chi connectivity index (χ2n) is 8.33. The van der Waals surface area contributed by atoms with E-state index in [1.54, 1.807) is 18.3 Å². The molecule has 6 nitrogen and oxygen atoms in total. The summed E-state index contributed by atoms with van der Waals surface area (Å²) in [6.45, 7) is 1.85. The van der Waals surface area contributed by atoms with Gasteiger partial charge < -0.3 is 19.1 Å². The molecule has 2 N–H and O–H groups in total. The van der Waals surface area contributed by atoms with Crippen molar-refractivity contribution in [2.45, 2.75) is 55.9 Å². The number of anilines is 1. The number of ether oxygens (including phenoxy) is 1. The first-order valence-corrected chi connectivity index (χ1v) is 11.9. The Morgan fingerprint density at radius 2 is 2.03 bits per heavy atom. The van der Waals surface area contributed by atoms with Gasteiger partial charge in [0.2, 0.25) is 0 Å². The van der Waals surface area contributed by atoms with Crippen molar-refractivity contribution in [3.63, 3.8) is 0 Å². The summed E-state index contributed by atoms with van der Waals surface area (Å²) >= 11 is 8.02. The van der Waals surface area contributed by atoms with Crippen molar-refractivity contribution in [1.82, 2.24) is 5.16 Å². The van der Waals surface area contributed by atoms with Crippen LogP contribution in [-0.2, 0) is 0 Å². The van der Waals surface area contributed by atoms with Gasteiger partial charge in [0.15, 0.2) is 0 Å². The van der Waals surface area contributed by atoms with Crippen LogP contribution >= 0.6 is 23.5 Å². The van der Waals surface area contributed by atoms with Gasteiger partial charge >= 0.3 is 5.97 Å². The highest BCUT2D eigenvalue weighted by atomic mass is 35.5. The topological polar surface area (TPSA) is 84.6 Å². The van der Waals surface area contributed by atoms with E-state index in [2.05, 4.69) is 9.88 Å². The summed E-state index contributed by atoms with van der Waals surface area (Å²) in [5.41, 5.74) is 3.87. The van der Waals surface area contributed by atoms with Gasteiger partial charge in [-0.1, -0.05) is 22.8 Å². The lowest BCUT2D eigenvalue weighted by atomic mass is 9.96. The number of halogens is 1. The maximum atomic E-state index is 11.5. The zero-order chi connectivity index (χ0) is 22.2. The number of carbonyl (C=O) groups is 1. The van der Waals surface area contributed by atoms with Crippen LogP contribution in [0.5, 0.6) is 5.75 Å². The number of hydrogen-bond donors (Lipinski definition) is 2. The number of aryl methyl sites for hydroxylation is 1. The second-order valence-corrected chi connectivity index (χ2v) is 9.59. The summed E-state index contributed by atoms with van der Waals surface area (Å²) in [5.74, 6) is 0.934. The van der Waals surface area contributed by atoms with Crippen LogP contribution < -0.4 is 9.46 Å². The number of carboxylic acid groups (broad SMARTS) is 1. The molecule has 0 aliphatic heterocycles. The van der Waals surface area contributed by atoms with E-state index >= 15 is 0 Å². The van der Waals surface area contributed by atoms with Crippen molar-refractivity contribution in [2.75, 3.05) is 4.72 Å². The van der Waals surface area contributed by atoms with Crippen LogP contribution in [0.4, 0.5) is 5.69 Å². The minimum atomic E-state index is -0.931. The summed E-state index contributed by atoms with van der Waals surface area (Å²) in [7, 11) is 0. The lowest BCUT2D eigenvalue weighted by molar-refractivity contribution is 0.0696. The molecular weight excluding hydrogens is 448 g/mol. The van der Waals surface area contributed by atoms with E-state index in [-0.39, 0.29) is 11.7 Å². The Balaban J connectivity index is 1.48. The number of rotatable bonds is 8. The van der Waals surface area contributed by atoms with Gasteiger partial charge in [-0.25, -0.2) is 4.79 Å². The van der Waals surface area contributed by atoms with Crippen LogP contribution in [0.15, 0.2) is 45.9 Å². The molecule has 0 radical (unpaired) electrons. The summed E-state index contributed by atoms with van der Waals surface area (Å²) in [5, 5.41) is 13.9. The van der Waals surface area contributed by atoms with Gasteiger partial charge in [-0.15, -0.1) is 0 Å². The van der Waals surface area contributed by atoms with Crippen LogP contribution in [-0.4, -0.2) is 22.3 Å². The molecular formula is C24H23ClN2O4S. The maximum absolute atomic E-state index is 11.5. The molecule has 5 rings (SSSR count). The molecule has 0 bridgehead atoms. The van der Waals surface area contributed by atoms with Crippen molar-refractivity contribution < 1.29 is 19.2 Å². The van der Waals surface area contributed by atoms with Gasteiger partial charge in [0.25, 0.3) is 0 Å². The number of hydrogen-bond acceptors (Lipinski definition) is 6. The highest BCUT2D eigenvalue weighted by Gasteiger charge is 2.27. The molecule has 0 amide bonds. The lowest BCUT2D eigenvalue weighted by Crippen LogP contribution is -2.24. The van der Waals surface area contributed by atoms with E-state index in [0.29, 0.717) is 22.5 Å². The molecule has 2 aliphatic rings. The van der Waals surface area contributed by atoms with Crippen molar-refractivity contribution >= 4 is 35.2 Å². The molecule has 2 fully saturated rings. The highest BCUT2D eigenvalue weighted by molar-refractivity contribution is 8.00. The first-order valence-electron chi connectivity index (χ1n) is 10.7. The molecule has 3 aromatic rings. The fourth-order valence-electron chi connectivity index (χ4n) is 3.76. The van der Waals surface area contributed by atoms with Gasteiger partial charge in [0, 0.05) is 22.1 Å². The lowest BCUT2D eigenvalue weighted by Gasteiger charge is -2.28. The summed E-state index contributed by atoms with van der Waals surface area (Å²) in [6.07, 6.45) is 7.34. The quantitative estimate of drug-likeness (QED) is 0.345. The van der Waals surface area contributed by atoms with Gasteiger partial charge in [-0.05, 0) is 80.7 Å². The molecule has 1 aromatic heterocycles. The Hall–Kier alpha value is -2.64. The Morgan fingerprint density at radius 3 is 2.66 bits per heavy atom. The van der Waals surface area contributed by atoms with Gasteiger partial charge in [-0.3, -0.25) is 0 Å². The predicted molar refractivity (Wildman–Crippen MR) is 125 cm³/mol. The zero-order valence-corrected chi connectivity index (χ0v) is 19.1. The number of benzene rings is 2. The molecule has 0 atom stereocenters. The third kappa shape index (κ3) is 4.32. The normalized spacial score (nSPS) is 15.9. The molecule has 0 unspecified atom stereocenters. The minimum absolute atomic E-state index is 0.192. The second kappa shape index (κ2) is 8.71. The summed E-state index contributed by atoms with van der Waals surface area (Å²) in [6, 6.07) is 9.13. The van der Waals surface area contributed by atoms with Crippen LogP contribution in [0.2, 0.25) is 5.02 Å². The van der Waals surface area contributed by atoms with E-state index in [1.807, 2.05) is 25.1 Å². The molecule has 2 aliphatic carbocycles. The molecule has 32 heavy (non-hydrogen) atoms.